The van der Waals surface area contributed by atoms with E-state index in [4.69, 9.17) is 9.47 Å². The first kappa shape index (κ1) is 20.9. The third-order valence-electron chi connectivity index (χ3n) is 4.44. The van der Waals surface area contributed by atoms with Crippen LogP contribution >= 0.6 is 0 Å². The number of carboxylic acid groups (broad SMARTS) is 1. The van der Waals surface area contributed by atoms with Gasteiger partial charge in [0.25, 0.3) is 11.8 Å². The summed E-state index contributed by atoms with van der Waals surface area (Å²) >= 11 is 0. The van der Waals surface area contributed by atoms with Gasteiger partial charge in [0.1, 0.15) is 5.70 Å². The Morgan fingerprint density at radius 2 is 1.73 bits per heavy atom. The van der Waals surface area contributed by atoms with Gasteiger partial charge in [-0.2, -0.15) is 0 Å². The van der Waals surface area contributed by atoms with E-state index >= 15 is 0 Å². The molecule has 1 aliphatic rings. The van der Waals surface area contributed by atoms with Crippen LogP contribution in [0.4, 0.5) is 0 Å². The summed E-state index contributed by atoms with van der Waals surface area (Å²) < 4.78 is 10.6. The maximum atomic E-state index is 12.8. The zero-order chi connectivity index (χ0) is 21.7. The molecule has 0 fully saturated rings. The fourth-order valence-corrected chi connectivity index (χ4v) is 2.83. The van der Waals surface area contributed by atoms with Gasteiger partial charge < -0.3 is 30.0 Å². The molecule has 0 aromatic heterocycles. The molecule has 0 saturated carbocycles. The highest BCUT2D eigenvalue weighted by atomic mass is 16.7. The van der Waals surface area contributed by atoms with Gasteiger partial charge in [-0.3, -0.25) is 9.59 Å². The molecule has 1 aliphatic heterocycles. The third kappa shape index (κ3) is 4.96. The molecule has 0 unspecified atom stereocenters. The fraction of sp³-hybridized carbons (Fsp3) is 0.227. The van der Waals surface area contributed by atoms with E-state index < -0.39 is 29.7 Å². The number of hydrogen-bond donors (Lipinski definition) is 2. The van der Waals surface area contributed by atoms with E-state index in [2.05, 4.69) is 10.6 Å². The van der Waals surface area contributed by atoms with Crippen LogP contribution in [-0.2, 0) is 9.59 Å². The SMILES string of the molecule is CC(C)[C@@H](NC(=O)/C(=C/c1ccc2c(c1)OCO2)NC(=O)c1ccccc1)C(=O)[O-]. The molecule has 2 aromatic carbocycles. The first-order chi connectivity index (χ1) is 14.3. The number of nitrogens with one attached hydrogen (secondary N) is 2. The summed E-state index contributed by atoms with van der Waals surface area (Å²) in [7, 11) is 0. The maximum Gasteiger partial charge on any atom is 0.268 e. The molecule has 2 aromatic rings. The Morgan fingerprint density at radius 3 is 2.40 bits per heavy atom. The molecule has 0 radical (unpaired) electrons. The van der Waals surface area contributed by atoms with E-state index in [0.29, 0.717) is 22.6 Å². The van der Waals surface area contributed by atoms with Crippen molar-refractivity contribution >= 4 is 23.9 Å². The highest BCUT2D eigenvalue weighted by Crippen LogP contribution is 2.33. The fourth-order valence-electron chi connectivity index (χ4n) is 2.83. The quantitative estimate of drug-likeness (QED) is 0.661. The Hall–Kier alpha value is -3.81. The van der Waals surface area contributed by atoms with Crippen molar-refractivity contribution in [3.63, 3.8) is 0 Å². The third-order valence-corrected chi connectivity index (χ3v) is 4.44. The van der Waals surface area contributed by atoms with Crippen LogP contribution < -0.4 is 25.2 Å². The van der Waals surface area contributed by atoms with Gasteiger partial charge in [0.2, 0.25) is 6.79 Å². The predicted octanol–water partition coefficient (Wildman–Crippen LogP) is 1.08. The van der Waals surface area contributed by atoms with Crippen molar-refractivity contribution < 1.29 is 29.0 Å². The number of fused-ring (bicyclic) bond motifs is 1. The number of rotatable bonds is 7. The Morgan fingerprint density at radius 1 is 1.03 bits per heavy atom. The number of carbonyl (C=O) groups excluding carboxylic acids is 3. The molecular weight excluding hydrogens is 388 g/mol. The van der Waals surface area contributed by atoms with Gasteiger partial charge in [-0.05, 0) is 41.8 Å². The number of aliphatic carboxylic acids is 1. The van der Waals surface area contributed by atoms with Gasteiger partial charge in [0.15, 0.2) is 11.5 Å². The molecule has 156 valence electrons. The van der Waals surface area contributed by atoms with Crippen molar-refractivity contribution in [3.8, 4) is 11.5 Å². The summed E-state index contributed by atoms with van der Waals surface area (Å²) in [6.45, 7) is 3.39. The summed E-state index contributed by atoms with van der Waals surface area (Å²) in [5, 5.41) is 16.3. The minimum atomic E-state index is -1.41. The molecule has 8 heteroatoms. The lowest BCUT2D eigenvalue weighted by atomic mass is 10.0. The van der Waals surface area contributed by atoms with E-state index in [1.54, 1.807) is 62.4 Å². The van der Waals surface area contributed by atoms with E-state index in [1.807, 2.05) is 0 Å². The number of amides is 2. The average Bonchev–Trinajstić information content (AvgIpc) is 3.19. The Kier molecular flexibility index (Phi) is 6.36. The van der Waals surface area contributed by atoms with Gasteiger partial charge in [-0.25, -0.2) is 0 Å². The van der Waals surface area contributed by atoms with Crippen molar-refractivity contribution in [2.24, 2.45) is 5.92 Å². The van der Waals surface area contributed by atoms with Crippen LogP contribution in [0.3, 0.4) is 0 Å². The van der Waals surface area contributed by atoms with Crippen LogP contribution in [0.25, 0.3) is 6.08 Å². The van der Waals surface area contributed by atoms with Crippen molar-refractivity contribution in [1.82, 2.24) is 10.6 Å². The van der Waals surface area contributed by atoms with Crippen LogP contribution in [0, 0.1) is 5.92 Å². The van der Waals surface area contributed by atoms with Crippen molar-refractivity contribution in [3.05, 3.63) is 65.4 Å². The molecule has 2 N–H and O–H groups in total. The molecule has 0 aliphatic carbocycles. The monoisotopic (exact) mass is 409 g/mol. The number of carbonyl (C=O) groups is 3. The molecule has 0 bridgehead atoms. The van der Waals surface area contributed by atoms with Crippen LogP contribution in [0.2, 0.25) is 0 Å². The highest BCUT2D eigenvalue weighted by molar-refractivity contribution is 6.06. The topological polar surface area (TPSA) is 117 Å². The van der Waals surface area contributed by atoms with Gasteiger partial charge in [-0.1, -0.05) is 38.1 Å². The Balaban J connectivity index is 1.90. The molecule has 0 spiro atoms. The van der Waals surface area contributed by atoms with Gasteiger partial charge in [-0.15, -0.1) is 0 Å². The van der Waals surface area contributed by atoms with Crippen LogP contribution in [0.1, 0.15) is 29.8 Å². The van der Waals surface area contributed by atoms with E-state index in [1.165, 1.54) is 6.08 Å². The second kappa shape index (κ2) is 9.13. The molecule has 1 heterocycles. The molecule has 3 rings (SSSR count). The molecule has 0 saturated heterocycles. The van der Waals surface area contributed by atoms with Gasteiger partial charge in [0, 0.05) is 5.56 Å². The van der Waals surface area contributed by atoms with E-state index in [9.17, 15) is 19.5 Å². The zero-order valence-electron chi connectivity index (χ0n) is 16.5. The molecular formula is C22H21N2O6-. The number of hydrogen-bond acceptors (Lipinski definition) is 6. The smallest absolute Gasteiger partial charge is 0.268 e. The van der Waals surface area contributed by atoms with Crippen molar-refractivity contribution in [2.45, 2.75) is 19.9 Å². The summed E-state index contributed by atoms with van der Waals surface area (Å²) in [5.74, 6) is -1.99. The number of benzene rings is 2. The molecule has 2 amide bonds. The highest BCUT2D eigenvalue weighted by Gasteiger charge is 2.22. The normalized spacial score (nSPS) is 13.6. The standard InChI is InChI=1S/C22H22N2O6/c1-13(2)19(22(27)28)24-21(26)16(23-20(25)15-6-4-3-5-7-15)10-14-8-9-17-18(11-14)30-12-29-17/h3-11,13,19H,12H2,1-2H3,(H,23,25)(H,24,26)(H,27,28)/p-1/b16-10-/t19-/m1/s1. The first-order valence-corrected chi connectivity index (χ1v) is 9.34. The average molecular weight is 409 g/mol. The van der Waals surface area contributed by atoms with Crippen LogP contribution in [0.5, 0.6) is 11.5 Å². The lowest BCUT2D eigenvalue weighted by Gasteiger charge is -2.24. The summed E-state index contributed by atoms with van der Waals surface area (Å²) in [4.78, 5) is 36.8. The maximum absolute atomic E-state index is 12.8. The lowest BCUT2D eigenvalue weighted by Crippen LogP contribution is -2.52. The van der Waals surface area contributed by atoms with Crippen molar-refractivity contribution in [1.29, 1.82) is 0 Å². The Labute approximate surface area is 173 Å². The summed E-state index contributed by atoms with van der Waals surface area (Å²) in [6, 6.07) is 12.2. The largest absolute Gasteiger partial charge is 0.548 e. The molecule has 8 nitrogen and oxygen atoms in total. The lowest BCUT2D eigenvalue weighted by molar-refractivity contribution is -0.309. The molecule has 1 atom stereocenters. The van der Waals surface area contributed by atoms with Crippen LogP contribution in [0.15, 0.2) is 54.2 Å². The predicted molar refractivity (Wildman–Crippen MR) is 106 cm³/mol. The minimum absolute atomic E-state index is 0.0995. The second-order valence-electron chi connectivity index (χ2n) is 7.01. The van der Waals surface area contributed by atoms with Gasteiger partial charge >= 0.3 is 0 Å². The van der Waals surface area contributed by atoms with Crippen LogP contribution in [-0.4, -0.2) is 30.6 Å². The number of ether oxygens (including phenoxy) is 2. The number of carboxylic acids is 1. The molecule has 30 heavy (non-hydrogen) atoms. The first-order valence-electron chi connectivity index (χ1n) is 9.34. The van der Waals surface area contributed by atoms with Crippen molar-refractivity contribution in [2.75, 3.05) is 6.79 Å². The van der Waals surface area contributed by atoms with Gasteiger partial charge in [0.05, 0.1) is 12.0 Å². The second-order valence-corrected chi connectivity index (χ2v) is 7.01. The summed E-state index contributed by atoms with van der Waals surface area (Å²) in [5.41, 5.74) is 0.795. The minimum Gasteiger partial charge on any atom is -0.548 e. The Bertz CT molecular complexity index is 984. The summed E-state index contributed by atoms with van der Waals surface area (Å²) in [6.07, 6.45) is 1.44. The van der Waals surface area contributed by atoms with E-state index in [-0.39, 0.29) is 12.5 Å². The van der Waals surface area contributed by atoms with E-state index in [0.717, 1.165) is 0 Å². The zero-order valence-corrected chi connectivity index (χ0v) is 16.5.